The molecule has 2 atom stereocenters. The van der Waals surface area contributed by atoms with E-state index in [1.165, 1.54) is 12.1 Å². The number of carbonyl (C=O) groups excluding carboxylic acids is 1. The van der Waals surface area contributed by atoms with Crippen molar-refractivity contribution in [2.24, 2.45) is 13.0 Å². The number of likely N-dealkylation sites (tertiary alicyclic amines) is 1. The van der Waals surface area contributed by atoms with Crippen LogP contribution >= 0.6 is 0 Å². The topological polar surface area (TPSA) is 62.5 Å². The minimum Gasteiger partial charge on any atom is -0.481 e. The number of carbonyl (C=O) groups is 2. The first-order chi connectivity index (χ1) is 11.8. The molecular weight excluding hydrogens is 323 g/mol. The number of halogens is 1. The van der Waals surface area contributed by atoms with Gasteiger partial charge in [-0.15, -0.1) is 0 Å². The number of aryl methyl sites for hydroxylation is 1. The molecule has 2 aromatic rings. The van der Waals surface area contributed by atoms with E-state index in [9.17, 15) is 19.1 Å². The van der Waals surface area contributed by atoms with Crippen LogP contribution in [0.1, 0.15) is 33.2 Å². The van der Waals surface area contributed by atoms with Crippen molar-refractivity contribution >= 4 is 11.9 Å². The Morgan fingerprint density at radius 1 is 1.20 bits per heavy atom. The number of nitrogens with zero attached hydrogens (tertiary/aromatic N) is 2. The maximum absolute atomic E-state index is 13.5. The normalized spacial score (nSPS) is 20.1. The van der Waals surface area contributed by atoms with Gasteiger partial charge in [-0.2, -0.15) is 0 Å². The van der Waals surface area contributed by atoms with Crippen LogP contribution < -0.4 is 0 Å². The average molecular weight is 344 g/mol. The Hall–Kier alpha value is -2.63. The third kappa shape index (κ3) is 3.04. The van der Waals surface area contributed by atoms with Gasteiger partial charge in [0, 0.05) is 37.4 Å². The molecule has 0 aliphatic carbocycles. The summed E-state index contributed by atoms with van der Waals surface area (Å²) in [6.45, 7) is 4.19. The number of carboxylic acid groups (broad SMARTS) is 1. The van der Waals surface area contributed by atoms with E-state index in [0.717, 1.165) is 11.4 Å². The Kier molecular flexibility index (Phi) is 4.37. The maximum atomic E-state index is 13.5. The van der Waals surface area contributed by atoms with E-state index in [4.69, 9.17) is 0 Å². The Morgan fingerprint density at radius 2 is 1.92 bits per heavy atom. The quantitative estimate of drug-likeness (QED) is 0.931. The van der Waals surface area contributed by atoms with Gasteiger partial charge in [0.25, 0.3) is 5.91 Å². The Bertz CT molecular complexity index is 843. The summed E-state index contributed by atoms with van der Waals surface area (Å²) in [5.41, 5.74) is 3.02. The molecule has 0 saturated carbocycles. The summed E-state index contributed by atoms with van der Waals surface area (Å²) in [4.78, 5) is 26.1. The summed E-state index contributed by atoms with van der Waals surface area (Å²) in [5.74, 6) is -2.70. The zero-order valence-corrected chi connectivity index (χ0v) is 14.5. The van der Waals surface area contributed by atoms with Gasteiger partial charge in [0.05, 0.1) is 11.5 Å². The molecule has 0 spiro atoms. The van der Waals surface area contributed by atoms with Gasteiger partial charge in [0.2, 0.25) is 0 Å². The lowest BCUT2D eigenvalue weighted by atomic mass is 9.89. The summed E-state index contributed by atoms with van der Waals surface area (Å²) < 4.78 is 15.5. The highest BCUT2D eigenvalue weighted by Crippen LogP contribution is 2.34. The Labute approximate surface area is 145 Å². The van der Waals surface area contributed by atoms with Gasteiger partial charge in [-0.3, -0.25) is 9.59 Å². The van der Waals surface area contributed by atoms with E-state index in [1.54, 1.807) is 17.0 Å². The number of aliphatic carboxylic acids is 1. The van der Waals surface area contributed by atoms with Gasteiger partial charge in [-0.05, 0) is 37.6 Å². The number of benzene rings is 1. The number of amides is 1. The molecule has 1 saturated heterocycles. The second kappa shape index (κ2) is 6.35. The van der Waals surface area contributed by atoms with Crippen molar-refractivity contribution < 1.29 is 19.1 Å². The van der Waals surface area contributed by atoms with Crippen molar-refractivity contribution in [3.8, 4) is 0 Å². The second-order valence-electron chi connectivity index (χ2n) is 6.66. The molecule has 1 N–H and O–H groups in total. The monoisotopic (exact) mass is 344 g/mol. The molecule has 5 nitrogen and oxygen atoms in total. The summed E-state index contributed by atoms with van der Waals surface area (Å²) in [7, 11) is 1.89. The number of rotatable bonds is 3. The van der Waals surface area contributed by atoms with Crippen molar-refractivity contribution in [2.75, 3.05) is 13.1 Å². The van der Waals surface area contributed by atoms with Gasteiger partial charge in [-0.1, -0.05) is 12.1 Å². The zero-order valence-electron chi connectivity index (χ0n) is 14.5. The molecule has 1 amide bonds. The molecule has 6 heteroatoms. The predicted molar refractivity (Wildman–Crippen MR) is 91.1 cm³/mol. The molecule has 0 unspecified atom stereocenters. The van der Waals surface area contributed by atoms with Crippen LogP contribution in [-0.4, -0.2) is 39.5 Å². The van der Waals surface area contributed by atoms with E-state index in [-0.39, 0.29) is 19.0 Å². The molecule has 2 heterocycles. The van der Waals surface area contributed by atoms with Gasteiger partial charge >= 0.3 is 5.97 Å². The maximum Gasteiger partial charge on any atom is 0.308 e. The van der Waals surface area contributed by atoms with E-state index in [1.807, 2.05) is 31.5 Å². The molecule has 1 aliphatic heterocycles. The molecule has 132 valence electrons. The summed E-state index contributed by atoms with van der Waals surface area (Å²) in [5, 5.41) is 9.55. The molecule has 1 fully saturated rings. The van der Waals surface area contributed by atoms with Crippen LogP contribution in [0.5, 0.6) is 0 Å². The lowest BCUT2D eigenvalue weighted by molar-refractivity contribution is -0.141. The summed E-state index contributed by atoms with van der Waals surface area (Å²) in [6.07, 6.45) is 0. The molecule has 1 aliphatic rings. The van der Waals surface area contributed by atoms with Crippen molar-refractivity contribution in [1.29, 1.82) is 0 Å². The van der Waals surface area contributed by atoms with E-state index < -0.39 is 23.6 Å². The third-order valence-electron chi connectivity index (χ3n) is 5.21. The van der Waals surface area contributed by atoms with Crippen LogP contribution in [0.4, 0.5) is 4.39 Å². The van der Waals surface area contributed by atoms with Gasteiger partial charge in [0.1, 0.15) is 5.82 Å². The van der Waals surface area contributed by atoms with E-state index >= 15 is 0 Å². The number of carboxylic acids is 1. The van der Waals surface area contributed by atoms with Gasteiger partial charge in [-0.25, -0.2) is 4.39 Å². The van der Waals surface area contributed by atoms with Crippen molar-refractivity contribution in [1.82, 2.24) is 9.47 Å². The smallest absolute Gasteiger partial charge is 0.308 e. The summed E-state index contributed by atoms with van der Waals surface area (Å²) in [6, 6.07) is 7.79. The van der Waals surface area contributed by atoms with Crippen LogP contribution in [0.3, 0.4) is 0 Å². The molecule has 1 aromatic heterocycles. The minimum absolute atomic E-state index is 0.128. The average Bonchev–Trinajstić information content (AvgIpc) is 3.12. The Balaban J connectivity index is 1.90. The van der Waals surface area contributed by atoms with Gasteiger partial charge < -0.3 is 14.6 Å². The van der Waals surface area contributed by atoms with Crippen molar-refractivity contribution in [3.05, 3.63) is 58.7 Å². The van der Waals surface area contributed by atoms with Crippen LogP contribution in [0.15, 0.2) is 30.3 Å². The van der Waals surface area contributed by atoms with E-state index in [0.29, 0.717) is 11.1 Å². The highest BCUT2D eigenvalue weighted by molar-refractivity contribution is 5.96. The third-order valence-corrected chi connectivity index (χ3v) is 5.21. The largest absolute Gasteiger partial charge is 0.481 e. The number of aromatic nitrogens is 1. The fourth-order valence-electron chi connectivity index (χ4n) is 3.54. The predicted octanol–water partition coefficient (Wildman–Crippen LogP) is 2.72. The van der Waals surface area contributed by atoms with Crippen molar-refractivity contribution in [3.63, 3.8) is 0 Å². The first-order valence-electron chi connectivity index (χ1n) is 8.20. The SMILES string of the molecule is Cc1cc(C(=O)N2C[C@@H](C(=O)O)[C@H](c3cccc(F)c3)C2)c(C)n1C. The Morgan fingerprint density at radius 3 is 2.48 bits per heavy atom. The standard InChI is InChI=1S/C19H21FN2O3/c1-11-7-15(12(2)21(11)3)18(23)22-9-16(17(10-22)19(24)25)13-5-4-6-14(20)8-13/h4-8,16-17H,9-10H2,1-3H3,(H,24,25)/t16-,17+/m0/s1. The second-order valence-corrected chi connectivity index (χ2v) is 6.66. The first-order valence-corrected chi connectivity index (χ1v) is 8.20. The fourth-order valence-corrected chi connectivity index (χ4v) is 3.54. The molecule has 1 aromatic carbocycles. The highest BCUT2D eigenvalue weighted by Gasteiger charge is 2.41. The molecular formula is C19H21FN2O3. The van der Waals surface area contributed by atoms with Crippen LogP contribution in [0.2, 0.25) is 0 Å². The molecule has 3 rings (SSSR count). The zero-order chi connectivity index (χ0) is 18.3. The number of hydrogen-bond acceptors (Lipinski definition) is 2. The van der Waals surface area contributed by atoms with Crippen LogP contribution in [0.25, 0.3) is 0 Å². The number of hydrogen-bond donors (Lipinski definition) is 1. The highest BCUT2D eigenvalue weighted by atomic mass is 19.1. The minimum atomic E-state index is -0.967. The van der Waals surface area contributed by atoms with Crippen molar-refractivity contribution in [2.45, 2.75) is 19.8 Å². The lowest BCUT2D eigenvalue weighted by Gasteiger charge is -2.16. The lowest BCUT2D eigenvalue weighted by Crippen LogP contribution is -2.30. The van der Waals surface area contributed by atoms with E-state index in [2.05, 4.69) is 0 Å². The van der Waals surface area contributed by atoms with Crippen LogP contribution in [0, 0.1) is 25.6 Å². The fraction of sp³-hybridized carbons (Fsp3) is 0.368. The molecule has 0 radical (unpaired) electrons. The van der Waals surface area contributed by atoms with Crippen LogP contribution in [-0.2, 0) is 11.8 Å². The summed E-state index contributed by atoms with van der Waals surface area (Å²) >= 11 is 0. The first kappa shape index (κ1) is 17.2. The molecule has 0 bridgehead atoms. The van der Waals surface area contributed by atoms with Gasteiger partial charge in [0.15, 0.2) is 0 Å². The molecule has 25 heavy (non-hydrogen) atoms.